The van der Waals surface area contributed by atoms with Crippen molar-refractivity contribution in [3.8, 4) is 0 Å². The molecule has 23 heavy (non-hydrogen) atoms. The van der Waals surface area contributed by atoms with Gasteiger partial charge in [0, 0.05) is 40.4 Å². The first kappa shape index (κ1) is 24.4. The molecule has 6 nitrogen and oxygen atoms in total. The number of nitrogens with one attached hydrogen (secondary N) is 2. The van der Waals surface area contributed by atoms with Crippen molar-refractivity contribution < 1.29 is 9.53 Å². The minimum absolute atomic E-state index is 0. The summed E-state index contributed by atoms with van der Waals surface area (Å²) in [4.78, 5) is 17.4. The predicted octanol–water partition coefficient (Wildman–Crippen LogP) is 1.87. The van der Waals surface area contributed by atoms with Crippen LogP contribution in [0.2, 0.25) is 0 Å². The molecule has 0 aromatic rings. The molecule has 0 atom stereocenters. The molecule has 1 amide bonds. The van der Waals surface area contributed by atoms with Crippen molar-refractivity contribution >= 4 is 35.8 Å². The summed E-state index contributed by atoms with van der Waals surface area (Å²) in [6.07, 6.45) is 0.891. The summed E-state index contributed by atoms with van der Waals surface area (Å²) in [5, 5.41) is 6.35. The van der Waals surface area contributed by atoms with Crippen LogP contribution in [0.5, 0.6) is 0 Å². The molecule has 136 valence electrons. The van der Waals surface area contributed by atoms with Crippen LogP contribution in [0.25, 0.3) is 0 Å². The lowest BCUT2D eigenvalue weighted by atomic mass is 10.2. The molecule has 0 unspecified atom stereocenters. The minimum Gasteiger partial charge on any atom is -0.381 e. The van der Waals surface area contributed by atoms with E-state index in [4.69, 9.17) is 4.74 Å². The van der Waals surface area contributed by atoms with E-state index < -0.39 is 0 Å². The van der Waals surface area contributed by atoms with Gasteiger partial charge < -0.3 is 20.3 Å². The van der Waals surface area contributed by atoms with Crippen molar-refractivity contribution in [3.05, 3.63) is 12.2 Å². The standard InChI is InChI=1S/C16H32N4O2.HI/c1-13(2)10-18-16(19-11-15(21)20(5)6)17-8-7-9-22-12-14(3)4;/h14H,1,7-12H2,2-6H3,(H2,17,18,19);1H. The van der Waals surface area contributed by atoms with Crippen LogP contribution in [0.3, 0.4) is 0 Å². The minimum atomic E-state index is -0.0308. The SMILES string of the molecule is C=C(C)CNC(=NCC(=O)N(C)C)NCCCOCC(C)C.I. The number of likely N-dealkylation sites (N-methyl/N-ethyl adjacent to an activating group) is 1. The van der Waals surface area contributed by atoms with E-state index in [2.05, 4.69) is 36.1 Å². The molecule has 0 aliphatic heterocycles. The molecule has 7 heteroatoms. The van der Waals surface area contributed by atoms with Gasteiger partial charge in [-0.1, -0.05) is 26.0 Å². The second-order valence-corrected chi connectivity index (χ2v) is 6.01. The smallest absolute Gasteiger partial charge is 0.243 e. The van der Waals surface area contributed by atoms with Crippen LogP contribution in [0.1, 0.15) is 27.2 Å². The number of amides is 1. The highest BCUT2D eigenvalue weighted by atomic mass is 127. The van der Waals surface area contributed by atoms with Gasteiger partial charge in [0.15, 0.2) is 5.96 Å². The van der Waals surface area contributed by atoms with Crippen molar-refractivity contribution in [1.29, 1.82) is 0 Å². The fourth-order valence-electron chi connectivity index (χ4n) is 1.40. The molecule has 2 N–H and O–H groups in total. The summed E-state index contributed by atoms with van der Waals surface area (Å²) in [6, 6.07) is 0. The van der Waals surface area contributed by atoms with Crippen molar-refractivity contribution in [2.24, 2.45) is 10.9 Å². The first-order valence-corrected chi connectivity index (χ1v) is 7.77. The van der Waals surface area contributed by atoms with E-state index >= 15 is 0 Å². The second kappa shape index (κ2) is 14.7. The highest BCUT2D eigenvalue weighted by Gasteiger charge is 2.04. The third-order valence-corrected chi connectivity index (χ3v) is 2.64. The van der Waals surface area contributed by atoms with Gasteiger partial charge in [0.05, 0.1) is 0 Å². The number of ether oxygens (including phenoxy) is 1. The van der Waals surface area contributed by atoms with E-state index in [1.165, 1.54) is 4.90 Å². The zero-order valence-electron chi connectivity index (χ0n) is 15.1. The fraction of sp³-hybridized carbons (Fsp3) is 0.750. The van der Waals surface area contributed by atoms with Crippen LogP contribution in [0, 0.1) is 5.92 Å². The van der Waals surface area contributed by atoms with E-state index in [1.807, 2.05) is 6.92 Å². The number of nitrogens with zero attached hydrogens (tertiary/aromatic N) is 2. The molecule has 0 rings (SSSR count). The van der Waals surface area contributed by atoms with Crippen LogP contribution in [-0.2, 0) is 9.53 Å². The fourth-order valence-corrected chi connectivity index (χ4v) is 1.40. The van der Waals surface area contributed by atoms with Crippen molar-refractivity contribution in [2.45, 2.75) is 27.2 Å². The zero-order chi connectivity index (χ0) is 17.0. The Morgan fingerprint density at radius 1 is 1.30 bits per heavy atom. The monoisotopic (exact) mass is 440 g/mol. The van der Waals surface area contributed by atoms with Gasteiger partial charge in [-0.2, -0.15) is 0 Å². The van der Waals surface area contributed by atoms with Crippen molar-refractivity contribution in [2.75, 3.05) is 46.9 Å². The van der Waals surface area contributed by atoms with Gasteiger partial charge >= 0.3 is 0 Å². The van der Waals surface area contributed by atoms with E-state index in [0.29, 0.717) is 18.4 Å². The Kier molecular flexibility index (Phi) is 15.7. The average molecular weight is 440 g/mol. The molecule has 0 saturated heterocycles. The maximum atomic E-state index is 11.6. The van der Waals surface area contributed by atoms with Crippen molar-refractivity contribution in [3.63, 3.8) is 0 Å². The maximum Gasteiger partial charge on any atom is 0.243 e. The normalized spacial score (nSPS) is 11.0. The molecule has 0 fully saturated rings. The Morgan fingerprint density at radius 3 is 2.48 bits per heavy atom. The van der Waals surface area contributed by atoms with Crippen LogP contribution in [0.15, 0.2) is 17.1 Å². The highest BCUT2D eigenvalue weighted by Crippen LogP contribution is 1.93. The molecule has 0 aromatic carbocycles. The molecule has 0 saturated carbocycles. The number of carbonyl (C=O) groups excluding carboxylic acids is 1. The Balaban J connectivity index is 0. The molecule has 0 aliphatic carbocycles. The molecule has 0 aromatic heterocycles. The number of halogens is 1. The molecule has 0 bridgehead atoms. The molecule has 0 aliphatic rings. The molecular weight excluding hydrogens is 407 g/mol. The van der Waals surface area contributed by atoms with Crippen molar-refractivity contribution in [1.82, 2.24) is 15.5 Å². The van der Waals surface area contributed by atoms with Gasteiger partial charge in [0.25, 0.3) is 0 Å². The molecule has 0 heterocycles. The number of hydrogen-bond acceptors (Lipinski definition) is 3. The van der Waals surface area contributed by atoms with Gasteiger partial charge in [-0.3, -0.25) is 4.79 Å². The zero-order valence-corrected chi connectivity index (χ0v) is 17.5. The number of carbonyl (C=O) groups is 1. The lowest BCUT2D eigenvalue weighted by molar-refractivity contribution is -0.127. The Bertz CT molecular complexity index is 371. The first-order chi connectivity index (χ1) is 10.3. The third-order valence-electron chi connectivity index (χ3n) is 2.64. The van der Waals surface area contributed by atoms with Crippen LogP contribution in [-0.4, -0.2) is 63.7 Å². The largest absolute Gasteiger partial charge is 0.381 e. The predicted molar refractivity (Wildman–Crippen MR) is 108 cm³/mol. The van der Waals surface area contributed by atoms with E-state index in [-0.39, 0.29) is 36.4 Å². The average Bonchev–Trinajstić information content (AvgIpc) is 2.43. The summed E-state index contributed by atoms with van der Waals surface area (Å²) in [5.41, 5.74) is 1.01. The number of guanidine groups is 1. The Morgan fingerprint density at radius 2 is 1.96 bits per heavy atom. The quantitative estimate of drug-likeness (QED) is 0.179. The van der Waals surface area contributed by atoms with Crippen LogP contribution >= 0.6 is 24.0 Å². The molecule has 0 radical (unpaired) electrons. The van der Waals surface area contributed by atoms with Crippen LogP contribution < -0.4 is 10.6 Å². The molecular formula is C16H33IN4O2. The van der Waals surface area contributed by atoms with Gasteiger partial charge in [-0.15, -0.1) is 24.0 Å². The Labute approximate surface area is 158 Å². The van der Waals surface area contributed by atoms with Gasteiger partial charge in [0.1, 0.15) is 6.54 Å². The van der Waals surface area contributed by atoms with Gasteiger partial charge in [-0.25, -0.2) is 4.99 Å². The molecule has 0 spiro atoms. The maximum absolute atomic E-state index is 11.6. The summed E-state index contributed by atoms with van der Waals surface area (Å²) in [7, 11) is 3.44. The third kappa shape index (κ3) is 15.8. The number of rotatable bonds is 10. The van der Waals surface area contributed by atoms with E-state index in [1.54, 1.807) is 14.1 Å². The summed E-state index contributed by atoms with van der Waals surface area (Å²) in [5.74, 6) is 1.15. The summed E-state index contributed by atoms with van der Waals surface area (Å²) < 4.78 is 5.53. The van der Waals surface area contributed by atoms with Crippen LogP contribution in [0.4, 0.5) is 0 Å². The first-order valence-electron chi connectivity index (χ1n) is 7.77. The van der Waals surface area contributed by atoms with E-state index in [9.17, 15) is 4.79 Å². The number of aliphatic imine (C=N–C) groups is 1. The van der Waals surface area contributed by atoms with E-state index in [0.717, 1.165) is 31.8 Å². The van der Waals surface area contributed by atoms with Gasteiger partial charge in [-0.05, 0) is 19.3 Å². The topological polar surface area (TPSA) is 66.0 Å². The van der Waals surface area contributed by atoms with Gasteiger partial charge in [0.2, 0.25) is 5.91 Å². The lowest BCUT2D eigenvalue weighted by Gasteiger charge is -2.14. The second-order valence-electron chi connectivity index (χ2n) is 6.01. The Hall–Kier alpha value is -0.830. The summed E-state index contributed by atoms with van der Waals surface area (Å²) >= 11 is 0. The summed E-state index contributed by atoms with van der Waals surface area (Å²) in [6.45, 7) is 13.1. The number of hydrogen-bond donors (Lipinski definition) is 2. The lowest BCUT2D eigenvalue weighted by Crippen LogP contribution is -2.40. The highest BCUT2D eigenvalue weighted by molar-refractivity contribution is 14.0.